The van der Waals surface area contributed by atoms with Crippen LogP contribution in [-0.2, 0) is 36.6 Å². The van der Waals surface area contributed by atoms with Gasteiger partial charge in [-0.3, -0.25) is 0 Å². The Morgan fingerprint density at radius 1 is 0.314 bits per heavy atom. The van der Waals surface area contributed by atoms with Crippen molar-refractivity contribution in [3.05, 3.63) is 287 Å². The van der Waals surface area contributed by atoms with Crippen molar-refractivity contribution in [1.29, 1.82) is 0 Å². The molecule has 0 bridgehead atoms. The number of hydrogen-bond donors (Lipinski definition) is 1. The average Bonchev–Trinajstić information content (AvgIpc) is 0.769. The monoisotopic (exact) mass is 1350 g/mol. The summed E-state index contributed by atoms with van der Waals surface area (Å²) in [7, 11) is 0. The van der Waals surface area contributed by atoms with Gasteiger partial charge >= 0.3 is 0 Å². The van der Waals surface area contributed by atoms with Gasteiger partial charge in [0, 0.05) is 39.7 Å². The quantitative estimate of drug-likeness (QED) is 0.0427. The first-order chi connectivity index (χ1) is 49.4. The number of hydrogen-bond acceptors (Lipinski definition) is 3. The van der Waals surface area contributed by atoms with Crippen LogP contribution in [0.1, 0.15) is 198 Å². The Labute approximate surface area is 615 Å². The van der Waals surface area contributed by atoms with E-state index in [1.165, 1.54) is 150 Å². The van der Waals surface area contributed by atoms with Crippen molar-refractivity contribution in [2.75, 3.05) is 9.80 Å². The first kappa shape index (κ1) is 74.2. The predicted molar refractivity (Wildman–Crippen MR) is 445 cm³/mol. The van der Waals surface area contributed by atoms with Gasteiger partial charge in [-0.1, -0.05) is 284 Å². The number of unbranched alkanes of at least 4 members (excludes halogenated alkanes) is 6. The highest BCUT2D eigenvalue weighted by Gasteiger charge is 2.25. The predicted octanol–water partition coefficient (Wildman–Crippen LogP) is 28.9. The van der Waals surface area contributed by atoms with Gasteiger partial charge in [-0.2, -0.15) is 0 Å². The van der Waals surface area contributed by atoms with Gasteiger partial charge in [0.25, 0.3) is 0 Å². The molecule has 0 heterocycles. The topological polar surface area (TPSA) is 32.5 Å². The SMILES string of the molecule is CCCCCCc1cc(-c2ccc(N(c3ccc(-c4ccc(CC(C)C)cc4)cc3)c3ccc(-c4ccc(C(C)(CC)CC)cc4)cc3)cc2C)c(CCCCCC)cc1-c1ccc(N(c2ccc(-c3ccc(CC(C)C)cc3)cc2)c2ccc(-c3ccc(C(C)(N)CCC)cc3)cc2)cc1C. The van der Waals surface area contributed by atoms with Crippen molar-refractivity contribution in [3.63, 3.8) is 0 Å². The molecule has 0 saturated heterocycles. The van der Waals surface area contributed by atoms with Gasteiger partial charge in [0.1, 0.15) is 0 Å². The normalized spacial score (nSPS) is 12.3. The van der Waals surface area contributed by atoms with Gasteiger partial charge in [-0.25, -0.2) is 0 Å². The van der Waals surface area contributed by atoms with E-state index in [2.05, 4.69) is 342 Å². The van der Waals surface area contributed by atoms with E-state index < -0.39 is 0 Å². The summed E-state index contributed by atoms with van der Waals surface area (Å²) in [5.41, 5.74) is 39.3. The molecular formula is C99H115N3. The van der Waals surface area contributed by atoms with Crippen molar-refractivity contribution in [3.8, 4) is 66.8 Å². The molecule has 2 N–H and O–H groups in total. The average molecular weight is 1350 g/mol. The van der Waals surface area contributed by atoms with E-state index in [0.717, 1.165) is 98.3 Å². The van der Waals surface area contributed by atoms with Gasteiger partial charge in [0.05, 0.1) is 0 Å². The van der Waals surface area contributed by atoms with E-state index in [0.29, 0.717) is 11.8 Å². The first-order valence-corrected chi connectivity index (χ1v) is 39.0. The summed E-state index contributed by atoms with van der Waals surface area (Å²) in [5, 5.41) is 0. The second-order valence-corrected chi connectivity index (χ2v) is 30.8. The van der Waals surface area contributed by atoms with E-state index in [9.17, 15) is 0 Å². The fraction of sp³-hybridized carbons (Fsp3) is 0.333. The van der Waals surface area contributed by atoms with Crippen LogP contribution in [0.25, 0.3) is 66.8 Å². The van der Waals surface area contributed by atoms with Crippen LogP contribution in [0.15, 0.2) is 243 Å². The molecule has 11 aromatic rings. The number of nitrogens with zero attached hydrogens (tertiary/aromatic N) is 2. The van der Waals surface area contributed by atoms with Crippen molar-refractivity contribution in [2.24, 2.45) is 17.6 Å². The van der Waals surface area contributed by atoms with Crippen LogP contribution in [0.5, 0.6) is 0 Å². The van der Waals surface area contributed by atoms with Gasteiger partial charge < -0.3 is 15.5 Å². The Morgan fingerprint density at radius 3 is 0.892 bits per heavy atom. The molecule has 0 aliphatic rings. The van der Waals surface area contributed by atoms with Crippen LogP contribution in [0.4, 0.5) is 34.1 Å². The van der Waals surface area contributed by atoms with E-state index >= 15 is 0 Å². The molecule has 11 rings (SSSR count). The van der Waals surface area contributed by atoms with Crippen molar-refractivity contribution in [2.45, 2.75) is 204 Å². The molecule has 3 nitrogen and oxygen atoms in total. The summed E-state index contributed by atoms with van der Waals surface area (Å²) in [5.74, 6) is 1.24. The van der Waals surface area contributed by atoms with Gasteiger partial charge in [-0.15, -0.1) is 0 Å². The van der Waals surface area contributed by atoms with Crippen LogP contribution in [0.2, 0.25) is 0 Å². The van der Waals surface area contributed by atoms with Crippen LogP contribution >= 0.6 is 0 Å². The maximum atomic E-state index is 6.80. The fourth-order valence-electron chi connectivity index (χ4n) is 15.4. The molecule has 1 atom stereocenters. The van der Waals surface area contributed by atoms with Gasteiger partial charge in [-0.05, 0) is 280 Å². The zero-order chi connectivity index (χ0) is 71.9. The largest absolute Gasteiger partial charge is 0.322 e. The minimum atomic E-state index is -0.349. The first-order valence-electron chi connectivity index (χ1n) is 39.0. The maximum absolute atomic E-state index is 6.80. The molecule has 0 aromatic heterocycles. The maximum Gasteiger partial charge on any atom is 0.0464 e. The minimum Gasteiger partial charge on any atom is -0.322 e. The Balaban J connectivity index is 0.972. The summed E-state index contributed by atoms with van der Waals surface area (Å²) in [6, 6.07) is 93.1. The summed E-state index contributed by atoms with van der Waals surface area (Å²) in [6.07, 6.45) is 18.1. The Kier molecular flexibility index (Phi) is 24.9. The summed E-state index contributed by atoms with van der Waals surface area (Å²) in [6.45, 7) is 29.9. The third kappa shape index (κ3) is 17.9. The van der Waals surface area contributed by atoms with Crippen LogP contribution in [0.3, 0.4) is 0 Å². The lowest BCUT2D eigenvalue weighted by Gasteiger charge is -2.28. The molecule has 526 valence electrons. The summed E-state index contributed by atoms with van der Waals surface area (Å²) < 4.78 is 0. The minimum absolute atomic E-state index is 0.182. The number of nitrogens with two attached hydrogens (primary N) is 1. The number of rotatable bonds is 32. The highest BCUT2D eigenvalue weighted by Crippen LogP contribution is 2.45. The Morgan fingerprint density at radius 2 is 0.608 bits per heavy atom. The Hall–Kier alpha value is -9.02. The summed E-state index contributed by atoms with van der Waals surface area (Å²) >= 11 is 0. The molecule has 0 saturated carbocycles. The zero-order valence-electron chi connectivity index (χ0n) is 64.0. The number of anilines is 6. The van der Waals surface area contributed by atoms with E-state index in [1.54, 1.807) is 0 Å². The Bertz CT molecular complexity index is 4450. The van der Waals surface area contributed by atoms with E-state index in [-0.39, 0.29) is 11.0 Å². The lowest BCUT2D eigenvalue weighted by molar-refractivity contribution is 0.439. The van der Waals surface area contributed by atoms with Crippen molar-refractivity contribution in [1.82, 2.24) is 0 Å². The number of aryl methyl sites for hydroxylation is 4. The third-order valence-corrected chi connectivity index (χ3v) is 21.9. The lowest BCUT2D eigenvalue weighted by Crippen LogP contribution is -2.32. The molecule has 3 heteroatoms. The molecule has 0 aliphatic heterocycles. The van der Waals surface area contributed by atoms with E-state index in [4.69, 9.17) is 5.73 Å². The highest BCUT2D eigenvalue weighted by atomic mass is 15.1. The lowest BCUT2D eigenvalue weighted by atomic mass is 9.77. The molecule has 0 aliphatic carbocycles. The summed E-state index contributed by atoms with van der Waals surface area (Å²) in [4.78, 5) is 4.90. The van der Waals surface area contributed by atoms with Crippen LogP contribution < -0.4 is 15.5 Å². The molecule has 0 spiro atoms. The molecule has 11 aromatic carbocycles. The van der Waals surface area contributed by atoms with Crippen molar-refractivity contribution < 1.29 is 0 Å². The molecule has 0 radical (unpaired) electrons. The van der Waals surface area contributed by atoms with Crippen molar-refractivity contribution >= 4 is 34.1 Å². The standard InChI is InChI=1S/C99H115N3/c1-14-19-21-23-25-84-69-97(95-62-60-93(67-73(95)11)102(89-53-41-81(42-54-89)77-33-29-75(30-34-77)65-71(8)9)91-57-45-83(46-58-91)79-37-49-87(50-38-79)99(13,100)63-16-3)85(26-24-22-20-15-2)68-96(84)94-61-59-92(66-72(94)10)101(88-51-39-80(40-52-88)76-31-27-74(28-32-76)64-70(6)7)90-55-43-82(44-56-90)78-35-47-86(48-36-78)98(12,17-4)18-5/h27-62,66-71H,14-26,63-65,100H2,1-13H3. The molecule has 1 unspecified atom stereocenters. The molecule has 0 amide bonds. The van der Waals surface area contributed by atoms with Crippen LogP contribution in [-0.4, -0.2) is 0 Å². The smallest absolute Gasteiger partial charge is 0.0464 e. The highest BCUT2D eigenvalue weighted by molar-refractivity contribution is 5.87. The van der Waals surface area contributed by atoms with Gasteiger partial charge in [0.15, 0.2) is 0 Å². The second kappa shape index (κ2) is 34.3. The molecule has 0 fully saturated rings. The number of benzene rings is 11. The fourth-order valence-corrected chi connectivity index (χ4v) is 15.4. The molecule has 102 heavy (non-hydrogen) atoms. The third-order valence-electron chi connectivity index (χ3n) is 21.9. The zero-order valence-corrected chi connectivity index (χ0v) is 64.0. The van der Waals surface area contributed by atoms with Crippen LogP contribution in [0, 0.1) is 25.7 Å². The van der Waals surface area contributed by atoms with E-state index in [1.807, 2.05) is 0 Å². The molecular weight excluding hydrogens is 1230 g/mol. The van der Waals surface area contributed by atoms with Gasteiger partial charge in [0.2, 0.25) is 0 Å². The second-order valence-electron chi connectivity index (χ2n) is 30.8.